The normalized spacial score (nSPS) is 49.1. The molecule has 4 aliphatic carbocycles. The summed E-state index contributed by atoms with van der Waals surface area (Å²) in [5, 5.41) is 11.3. The van der Waals surface area contributed by atoms with Crippen molar-refractivity contribution in [1.82, 2.24) is 0 Å². The average Bonchev–Trinajstić information content (AvgIpc) is 2.77. The van der Waals surface area contributed by atoms with E-state index < -0.39 is 5.60 Å². The summed E-state index contributed by atoms with van der Waals surface area (Å²) >= 11 is 0. The highest BCUT2D eigenvalue weighted by atomic mass is 16.3. The molecule has 0 spiro atoms. The van der Waals surface area contributed by atoms with E-state index in [4.69, 9.17) is 0 Å². The van der Waals surface area contributed by atoms with Crippen molar-refractivity contribution in [3.05, 3.63) is 23.8 Å². The summed E-state index contributed by atoms with van der Waals surface area (Å²) < 4.78 is 0. The van der Waals surface area contributed by atoms with E-state index in [2.05, 4.69) is 20.4 Å². The van der Waals surface area contributed by atoms with Crippen LogP contribution in [0.5, 0.6) is 0 Å². The largest absolute Gasteiger partial charge is 0.377 e. The van der Waals surface area contributed by atoms with Gasteiger partial charge < -0.3 is 5.11 Å². The molecule has 3 nitrogen and oxygen atoms in total. The summed E-state index contributed by atoms with van der Waals surface area (Å²) in [5.41, 5.74) is 0.448. The van der Waals surface area contributed by atoms with Crippen molar-refractivity contribution in [3.8, 4) is 0 Å². The maximum atomic E-state index is 12.4. The van der Waals surface area contributed by atoms with Gasteiger partial charge in [-0.25, -0.2) is 0 Å². The smallest absolute Gasteiger partial charge is 0.166 e. The van der Waals surface area contributed by atoms with Crippen LogP contribution in [0.1, 0.15) is 65.7 Å². The van der Waals surface area contributed by atoms with Gasteiger partial charge in [0.05, 0.1) is 0 Å². The number of fused-ring (bicyclic) bond motifs is 5. The molecular weight excluding hydrogens is 312 g/mol. The summed E-state index contributed by atoms with van der Waals surface area (Å²) in [6, 6.07) is 0. The minimum Gasteiger partial charge on any atom is -0.377 e. The number of rotatable bonds is 1. The second-order valence-electron chi connectivity index (χ2n) is 9.50. The van der Waals surface area contributed by atoms with Gasteiger partial charge in [0.2, 0.25) is 0 Å². The van der Waals surface area contributed by atoms with Gasteiger partial charge in [-0.3, -0.25) is 9.59 Å². The summed E-state index contributed by atoms with van der Waals surface area (Å²) in [4.78, 5) is 24.3. The minimum absolute atomic E-state index is 0.121. The molecule has 0 bridgehead atoms. The van der Waals surface area contributed by atoms with E-state index in [0.717, 1.165) is 44.1 Å². The van der Waals surface area contributed by atoms with Crippen LogP contribution in [0.25, 0.3) is 0 Å². The molecule has 3 heteroatoms. The summed E-state index contributed by atoms with van der Waals surface area (Å²) in [6.45, 7) is 10.1. The Hall–Kier alpha value is -1.22. The molecular formula is C22H30O3. The molecule has 0 heterocycles. The average molecular weight is 342 g/mol. The van der Waals surface area contributed by atoms with Gasteiger partial charge in [0, 0.05) is 11.8 Å². The molecule has 0 radical (unpaired) electrons. The molecule has 4 rings (SSSR count). The number of aliphatic hydroxyl groups is 1. The first-order valence-electron chi connectivity index (χ1n) is 9.80. The van der Waals surface area contributed by atoms with Crippen molar-refractivity contribution in [3.63, 3.8) is 0 Å². The van der Waals surface area contributed by atoms with Gasteiger partial charge in [-0.2, -0.15) is 0 Å². The quantitative estimate of drug-likeness (QED) is 0.733. The Balaban J connectivity index is 1.74. The van der Waals surface area contributed by atoms with E-state index >= 15 is 0 Å². The number of Topliss-reactive ketones (excluding diaryl/α,β-unsaturated/α-hetero) is 1. The molecule has 25 heavy (non-hydrogen) atoms. The molecule has 0 saturated heterocycles. The molecule has 0 aromatic carbocycles. The van der Waals surface area contributed by atoms with E-state index in [-0.39, 0.29) is 22.4 Å². The van der Waals surface area contributed by atoms with Gasteiger partial charge in [0.25, 0.3) is 0 Å². The topological polar surface area (TPSA) is 54.4 Å². The first-order valence-corrected chi connectivity index (χ1v) is 9.80. The van der Waals surface area contributed by atoms with Crippen molar-refractivity contribution in [2.75, 3.05) is 0 Å². The second-order valence-corrected chi connectivity index (χ2v) is 9.50. The molecule has 0 aromatic heterocycles. The second kappa shape index (κ2) is 5.16. The number of hydrogen-bond donors (Lipinski definition) is 1. The highest BCUT2D eigenvalue weighted by molar-refractivity contribution is 5.92. The third-order valence-corrected chi connectivity index (χ3v) is 8.67. The monoisotopic (exact) mass is 342 g/mol. The van der Waals surface area contributed by atoms with Gasteiger partial charge in [-0.15, -0.1) is 0 Å². The van der Waals surface area contributed by atoms with Crippen LogP contribution in [-0.2, 0) is 9.59 Å². The van der Waals surface area contributed by atoms with Crippen LogP contribution in [0.3, 0.4) is 0 Å². The number of carbonyl (C=O) groups excluding carboxylic acids is 2. The van der Waals surface area contributed by atoms with E-state index in [9.17, 15) is 14.7 Å². The predicted octanol–water partition coefficient (Wildman–Crippen LogP) is 4.00. The molecule has 0 aromatic rings. The highest BCUT2D eigenvalue weighted by Crippen LogP contribution is 2.68. The van der Waals surface area contributed by atoms with Crippen LogP contribution in [0.2, 0.25) is 0 Å². The van der Waals surface area contributed by atoms with Crippen molar-refractivity contribution in [1.29, 1.82) is 0 Å². The molecule has 3 saturated carbocycles. The van der Waals surface area contributed by atoms with Crippen LogP contribution >= 0.6 is 0 Å². The summed E-state index contributed by atoms with van der Waals surface area (Å²) in [5.74, 6) is 1.53. The minimum atomic E-state index is -1.36. The lowest BCUT2D eigenvalue weighted by Crippen LogP contribution is -2.57. The molecule has 6 atom stereocenters. The Labute approximate surface area is 150 Å². The summed E-state index contributed by atoms with van der Waals surface area (Å²) in [7, 11) is 0. The maximum absolute atomic E-state index is 12.4. The number of carbonyl (C=O) groups is 2. The van der Waals surface area contributed by atoms with Crippen molar-refractivity contribution >= 4 is 11.6 Å². The molecule has 1 N–H and O–H groups in total. The summed E-state index contributed by atoms with van der Waals surface area (Å²) in [6.07, 6.45) is 8.26. The lowest BCUT2D eigenvalue weighted by molar-refractivity contribution is -0.154. The lowest BCUT2D eigenvalue weighted by Gasteiger charge is -2.58. The maximum Gasteiger partial charge on any atom is 0.166 e. The Morgan fingerprint density at radius 2 is 1.92 bits per heavy atom. The van der Waals surface area contributed by atoms with Gasteiger partial charge in [-0.1, -0.05) is 26.0 Å². The van der Waals surface area contributed by atoms with Crippen LogP contribution in [-0.4, -0.2) is 22.3 Å². The molecule has 0 unspecified atom stereocenters. The van der Waals surface area contributed by atoms with Crippen LogP contribution in [0, 0.1) is 28.6 Å². The highest BCUT2D eigenvalue weighted by Gasteiger charge is 2.66. The zero-order valence-electron chi connectivity index (χ0n) is 15.7. The van der Waals surface area contributed by atoms with Crippen molar-refractivity contribution < 1.29 is 14.7 Å². The standard InChI is InChI=1S/C22H30O3/c1-13-11-19-17-6-5-15-12-16(24)7-9-20(15,3)18(17)8-10-21(19,4)22(13,25)14(2)23/h12,17-19,25H,1,5-11H2,2-4H3/t17-,18+,19+,20+,21+,22-/m1/s1. The Morgan fingerprint density at radius 3 is 2.60 bits per heavy atom. The fourth-order valence-corrected chi connectivity index (χ4v) is 7.17. The Kier molecular flexibility index (Phi) is 3.55. The van der Waals surface area contributed by atoms with Crippen molar-refractivity contribution in [2.45, 2.75) is 71.3 Å². The fraction of sp³-hybridized carbons (Fsp3) is 0.727. The molecule has 0 aliphatic heterocycles. The third kappa shape index (κ3) is 1.96. The number of allylic oxidation sites excluding steroid dienone is 1. The molecule has 136 valence electrons. The SMILES string of the molecule is C=C1C[C@H]2[C@@H]3CCC4=CC(=O)CC[C@]4(C)[C@H]3CC[C@]2(C)[C@]1(O)C(C)=O. The van der Waals surface area contributed by atoms with Gasteiger partial charge >= 0.3 is 0 Å². The van der Waals surface area contributed by atoms with Crippen LogP contribution in [0.4, 0.5) is 0 Å². The van der Waals surface area contributed by atoms with Crippen LogP contribution in [0.15, 0.2) is 23.8 Å². The van der Waals surface area contributed by atoms with E-state index in [1.54, 1.807) is 0 Å². The Morgan fingerprint density at radius 1 is 1.20 bits per heavy atom. The van der Waals surface area contributed by atoms with Gasteiger partial charge in [0.1, 0.15) is 5.60 Å². The molecule has 0 amide bonds. The number of hydrogen-bond acceptors (Lipinski definition) is 3. The van der Waals surface area contributed by atoms with Gasteiger partial charge in [0.15, 0.2) is 11.6 Å². The first kappa shape index (κ1) is 17.2. The van der Waals surface area contributed by atoms with E-state index in [1.807, 2.05) is 6.08 Å². The van der Waals surface area contributed by atoms with E-state index in [0.29, 0.717) is 24.2 Å². The fourth-order valence-electron chi connectivity index (χ4n) is 7.17. The van der Waals surface area contributed by atoms with E-state index in [1.165, 1.54) is 12.5 Å². The van der Waals surface area contributed by atoms with Crippen LogP contribution < -0.4 is 0 Å². The number of ketones is 2. The zero-order chi connectivity index (χ0) is 18.2. The van der Waals surface area contributed by atoms with Gasteiger partial charge in [-0.05, 0) is 80.3 Å². The lowest BCUT2D eigenvalue weighted by atomic mass is 9.46. The third-order valence-electron chi connectivity index (χ3n) is 8.67. The molecule has 3 fully saturated rings. The molecule has 4 aliphatic rings. The zero-order valence-corrected chi connectivity index (χ0v) is 15.7. The first-order chi connectivity index (χ1) is 11.6. The predicted molar refractivity (Wildman–Crippen MR) is 96.9 cm³/mol. The van der Waals surface area contributed by atoms with Crippen molar-refractivity contribution in [2.24, 2.45) is 28.6 Å². The Bertz CT molecular complexity index is 704.